The van der Waals surface area contributed by atoms with Gasteiger partial charge in [-0.25, -0.2) is 22.2 Å². The van der Waals surface area contributed by atoms with Crippen molar-refractivity contribution in [2.75, 3.05) is 19.0 Å². The van der Waals surface area contributed by atoms with E-state index in [9.17, 15) is 27.1 Å². The van der Waals surface area contributed by atoms with Gasteiger partial charge in [0.25, 0.3) is 5.91 Å². The number of aromatic nitrogens is 1. The van der Waals surface area contributed by atoms with Crippen LogP contribution in [0.2, 0.25) is 0 Å². The normalized spacial score (nSPS) is 16.4. The summed E-state index contributed by atoms with van der Waals surface area (Å²) in [6.45, 7) is 3.12. The Labute approximate surface area is 208 Å². The Balaban J connectivity index is 1.49. The van der Waals surface area contributed by atoms with E-state index >= 15 is 0 Å². The maximum atomic E-state index is 13.1. The van der Waals surface area contributed by atoms with E-state index in [0.717, 1.165) is 0 Å². The van der Waals surface area contributed by atoms with Crippen LogP contribution in [0.5, 0.6) is 5.88 Å². The summed E-state index contributed by atoms with van der Waals surface area (Å²) < 4.78 is 56.0. The minimum absolute atomic E-state index is 0.0211. The summed E-state index contributed by atoms with van der Waals surface area (Å²) in [4.78, 5) is 17.5. The van der Waals surface area contributed by atoms with Gasteiger partial charge in [-0.1, -0.05) is 19.1 Å². The zero-order chi connectivity index (χ0) is 26.1. The molecule has 0 radical (unpaired) electrons. The lowest BCUT2D eigenvalue weighted by Gasteiger charge is -2.34. The van der Waals surface area contributed by atoms with Crippen molar-refractivity contribution in [2.45, 2.75) is 43.5 Å². The van der Waals surface area contributed by atoms with E-state index in [2.05, 4.69) is 10.3 Å². The van der Waals surface area contributed by atoms with Gasteiger partial charge >= 0.3 is 0 Å². The first-order chi connectivity index (χ1) is 17.0. The number of halogens is 2. The van der Waals surface area contributed by atoms with Crippen LogP contribution < -0.4 is 10.1 Å². The fourth-order valence-electron chi connectivity index (χ4n) is 4.26. The number of rotatable bonds is 9. The highest BCUT2D eigenvalue weighted by molar-refractivity contribution is 7.91. The minimum Gasteiger partial charge on any atom is -0.477 e. The third-order valence-electron chi connectivity index (χ3n) is 6.33. The molecule has 1 atom stereocenters. The van der Waals surface area contributed by atoms with Gasteiger partial charge in [0, 0.05) is 35.4 Å². The second kappa shape index (κ2) is 10.1. The van der Waals surface area contributed by atoms with Crippen LogP contribution >= 0.6 is 0 Å². The highest BCUT2D eigenvalue weighted by Crippen LogP contribution is 2.42. The molecule has 1 fully saturated rings. The molecule has 36 heavy (non-hydrogen) atoms. The van der Waals surface area contributed by atoms with Gasteiger partial charge in [-0.2, -0.15) is 0 Å². The summed E-state index contributed by atoms with van der Waals surface area (Å²) in [5.41, 5.74) is 1.57. The molecule has 1 aliphatic carbocycles. The van der Waals surface area contributed by atoms with E-state index in [1.807, 2.05) is 0 Å². The van der Waals surface area contributed by atoms with Crippen LogP contribution in [0.15, 0.2) is 53.4 Å². The molecule has 1 aliphatic rings. The lowest BCUT2D eigenvalue weighted by atomic mass is 9.82. The molecule has 2 N–H and O–H groups in total. The second-order valence-corrected chi connectivity index (χ2v) is 11.4. The number of aliphatic hydroxyl groups is 1. The van der Waals surface area contributed by atoms with Crippen LogP contribution in [0, 0.1) is 12.8 Å². The number of hydrogen-bond acceptors (Lipinski definition) is 6. The highest BCUT2D eigenvalue weighted by atomic mass is 32.2. The smallest absolute Gasteiger partial charge is 0.251 e. The number of pyridine rings is 1. The Bertz CT molecular complexity index is 1370. The van der Waals surface area contributed by atoms with Crippen molar-refractivity contribution >= 4 is 26.5 Å². The van der Waals surface area contributed by atoms with Gasteiger partial charge in [-0.05, 0) is 54.3 Å². The Morgan fingerprint density at radius 1 is 1.19 bits per heavy atom. The first-order valence-corrected chi connectivity index (χ1v) is 13.3. The van der Waals surface area contributed by atoms with Crippen LogP contribution in [0.4, 0.5) is 8.78 Å². The molecule has 1 saturated carbocycles. The molecule has 1 unspecified atom stereocenters. The molecular weight excluding hydrogens is 490 g/mol. The summed E-state index contributed by atoms with van der Waals surface area (Å²) in [5.74, 6) is -2.93. The lowest BCUT2D eigenvalue weighted by molar-refractivity contribution is -0.119. The fraction of sp³-hybridized carbons (Fsp3) is 0.385. The van der Waals surface area contributed by atoms with E-state index < -0.39 is 27.7 Å². The zero-order valence-electron chi connectivity index (χ0n) is 20.0. The number of carbonyl (C=O) groups is 1. The van der Waals surface area contributed by atoms with E-state index in [1.54, 1.807) is 50.2 Å². The quantitative estimate of drug-likeness (QED) is 0.439. The number of aryl methyl sites for hydroxylation is 1. The number of carbonyl (C=O) groups excluding carboxylic acids is 1. The predicted molar refractivity (Wildman–Crippen MR) is 131 cm³/mol. The highest BCUT2D eigenvalue weighted by Gasteiger charge is 2.45. The lowest BCUT2D eigenvalue weighted by Crippen LogP contribution is -2.38. The summed E-state index contributed by atoms with van der Waals surface area (Å²) in [5, 5.41) is 14.0. The SMILES string of the molecule is CCS(=O)(=O)c1ccc(C(CO)NC(=O)c2ccc3c(OCC4CC(F)(F)C4)nc(C)cc3c2)cc1. The molecule has 1 amide bonds. The molecule has 10 heteroatoms. The first kappa shape index (κ1) is 26.0. The van der Waals surface area contributed by atoms with Crippen LogP contribution in [-0.2, 0) is 9.84 Å². The number of ether oxygens (including phenoxy) is 1. The van der Waals surface area contributed by atoms with Crippen molar-refractivity contribution in [1.82, 2.24) is 10.3 Å². The molecule has 3 aromatic rings. The molecule has 192 valence electrons. The monoisotopic (exact) mass is 518 g/mol. The maximum absolute atomic E-state index is 13.1. The van der Waals surface area contributed by atoms with Crippen LogP contribution in [0.3, 0.4) is 0 Å². The second-order valence-electron chi connectivity index (χ2n) is 9.13. The van der Waals surface area contributed by atoms with Crippen LogP contribution in [-0.4, -0.2) is 49.3 Å². The number of aliphatic hydroxyl groups excluding tert-OH is 1. The van der Waals surface area contributed by atoms with E-state index in [0.29, 0.717) is 33.5 Å². The number of nitrogens with one attached hydrogen (secondary N) is 1. The topological polar surface area (TPSA) is 106 Å². The molecule has 0 aliphatic heterocycles. The number of alkyl halides is 2. The maximum Gasteiger partial charge on any atom is 0.251 e. The van der Waals surface area contributed by atoms with Gasteiger partial charge in [0.05, 0.1) is 29.9 Å². The third kappa shape index (κ3) is 5.65. The standard InChI is InChI=1S/C26H28F2N2O5S/c1-3-36(33,34)21-7-4-18(5-8-21)23(14-31)30-24(32)19-6-9-22-20(11-19)10-16(2)29-25(22)35-15-17-12-26(27,28)13-17/h4-11,17,23,31H,3,12-15H2,1-2H3,(H,30,32). The average Bonchev–Trinajstić information content (AvgIpc) is 2.83. The Morgan fingerprint density at radius 3 is 2.50 bits per heavy atom. The van der Waals surface area contributed by atoms with Gasteiger partial charge in [0.15, 0.2) is 9.84 Å². The first-order valence-electron chi connectivity index (χ1n) is 11.7. The van der Waals surface area contributed by atoms with E-state index in [1.165, 1.54) is 12.1 Å². The summed E-state index contributed by atoms with van der Waals surface area (Å²) in [7, 11) is -3.35. The van der Waals surface area contributed by atoms with Crippen molar-refractivity contribution in [3.8, 4) is 5.88 Å². The number of fused-ring (bicyclic) bond motifs is 1. The van der Waals surface area contributed by atoms with Crippen LogP contribution in [0.25, 0.3) is 10.8 Å². The summed E-state index contributed by atoms with van der Waals surface area (Å²) in [6, 6.07) is 12.1. The molecule has 4 rings (SSSR count). The van der Waals surface area contributed by atoms with Crippen molar-refractivity contribution < 1.29 is 31.8 Å². The minimum atomic E-state index is -3.35. The van der Waals surface area contributed by atoms with Crippen molar-refractivity contribution in [1.29, 1.82) is 0 Å². The summed E-state index contributed by atoms with van der Waals surface area (Å²) in [6.07, 6.45) is -0.380. The Hall–Kier alpha value is -3.11. The fourth-order valence-corrected chi connectivity index (χ4v) is 5.14. The van der Waals surface area contributed by atoms with E-state index in [-0.39, 0.29) is 42.6 Å². The van der Waals surface area contributed by atoms with Gasteiger partial charge in [0.2, 0.25) is 11.8 Å². The third-order valence-corrected chi connectivity index (χ3v) is 8.08. The van der Waals surface area contributed by atoms with Gasteiger partial charge < -0.3 is 15.2 Å². The molecular formula is C26H28F2N2O5S. The molecule has 2 aromatic carbocycles. The molecule has 0 saturated heterocycles. The summed E-state index contributed by atoms with van der Waals surface area (Å²) >= 11 is 0. The van der Waals surface area contributed by atoms with Crippen LogP contribution in [0.1, 0.15) is 47.4 Å². The molecule has 1 heterocycles. The van der Waals surface area contributed by atoms with Gasteiger partial charge in [-0.3, -0.25) is 4.79 Å². The van der Waals surface area contributed by atoms with Crippen molar-refractivity contribution in [2.24, 2.45) is 5.92 Å². The molecule has 0 bridgehead atoms. The predicted octanol–water partition coefficient (Wildman–Crippen LogP) is 4.22. The molecule has 1 aromatic heterocycles. The molecule has 7 nitrogen and oxygen atoms in total. The average molecular weight is 519 g/mol. The van der Waals surface area contributed by atoms with Gasteiger partial charge in [-0.15, -0.1) is 0 Å². The van der Waals surface area contributed by atoms with Crippen molar-refractivity contribution in [3.63, 3.8) is 0 Å². The Morgan fingerprint density at radius 2 is 1.89 bits per heavy atom. The number of hydrogen-bond donors (Lipinski definition) is 2. The number of benzene rings is 2. The van der Waals surface area contributed by atoms with E-state index in [4.69, 9.17) is 4.74 Å². The number of sulfone groups is 1. The van der Waals surface area contributed by atoms with Crippen molar-refractivity contribution in [3.05, 3.63) is 65.4 Å². The zero-order valence-corrected chi connectivity index (χ0v) is 20.8. The number of amides is 1. The van der Waals surface area contributed by atoms with Gasteiger partial charge in [0.1, 0.15) is 0 Å². The largest absolute Gasteiger partial charge is 0.477 e. The molecule has 0 spiro atoms. The number of nitrogens with zero attached hydrogens (tertiary/aromatic N) is 1. The Kier molecular flexibility index (Phi) is 7.28.